The molecule has 0 aliphatic heterocycles. The molecule has 184 valence electrons. The average molecular weight is 509 g/mol. The summed E-state index contributed by atoms with van der Waals surface area (Å²) in [6, 6.07) is 16.6. The maximum absolute atomic E-state index is 12.5. The van der Waals surface area contributed by atoms with Crippen molar-refractivity contribution in [1.29, 1.82) is 0 Å². The largest absolute Gasteiger partial charge is 0.486 e. The molecule has 0 aliphatic carbocycles. The van der Waals surface area contributed by atoms with Gasteiger partial charge in [0.05, 0.1) is 17.6 Å². The monoisotopic (exact) mass is 508 g/mol. The summed E-state index contributed by atoms with van der Waals surface area (Å²) in [6.45, 7) is 0.0650. The van der Waals surface area contributed by atoms with Gasteiger partial charge in [0.25, 0.3) is 15.9 Å². The first-order chi connectivity index (χ1) is 17.3. The van der Waals surface area contributed by atoms with Crippen LogP contribution in [0, 0.1) is 0 Å². The predicted octanol–water partition coefficient (Wildman–Crippen LogP) is 3.49. The summed E-state index contributed by atoms with van der Waals surface area (Å²) >= 11 is 0. The van der Waals surface area contributed by atoms with E-state index >= 15 is 0 Å². The highest BCUT2D eigenvalue weighted by atomic mass is 32.2. The van der Waals surface area contributed by atoms with Gasteiger partial charge in [-0.15, -0.1) is 0 Å². The molecule has 0 saturated heterocycles. The van der Waals surface area contributed by atoms with Gasteiger partial charge in [-0.25, -0.2) is 27.9 Å². The molecule has 2 heterocycles. The number of ether oxygens (including phenoxy) is 2. The lowest BCUT2D eigenvalue weighted by atomic mass is 10.2. The number of carbonyl (C=O) groups is 2. The standard InChI is InChI=1S/C24H20N4O7S/c1-33-23(30)16-3-7-18(8-4-16)34-15-19-9-12-21(35-19)22(29)27-17-5-10-20(11-6-17)36(31,32)28-24-25-13-2-14-26-24/h2-14H,15H2,1H3,(H,27,29)(H,25,26,28). The van der Waals surface area contributed by atoms with E-state index in [4.69, 9.17) is 9.15 Å². The lowest BCUT2D eigenvalue weighted by Crippen LogP contribution is -2.15. The summed E-state index contributed by atoms with van der Waals surface area (Å²) in [5.41, 5.74) is 0.767. The molecule has 0 unspecified atom stereocenters. The highest BCUT2D eigenvalue weighted by Crippen LogP contribution is 2.19. The van der Waals surface area contributed by atoms with Gasteiger partial charge in [0.15, 0.2) is 5.76 Å². The molecule has 0 spiro atoms. The van der Waals surface area contributed by atoms with Gasteiger partial charge in [0, 0.05) is 18.1 Å². The number of aromatic nitrogens is 2. The summed E-state index contributed by atoms with van der Waals surface area (Å²) in [6.07, 6.45) is 2.83. The van der Waals surface area contributed by atoms with Gasteiger partial charge in [-0.2, -0.15) is 0 Å². The van der Waals surface area contributed by atoms with Crippen LogP contribution in [0.3, 0.4) is 0 Å². The highest BCUT2D eigenvalue weighted by Gasteiger charge is 2.17. The molecular formula is C24H20N4O7S. The number of nitrogens with one attached hydrogen (secondary N) is 2. The molecule has 0 aliphatic rings. The highest BCUT2D eigenvalue weighted by molar-refractivity contribution is 7.92. The minimum absolute atomic E-state index is 0.0231. The maximum atomic E-state index is 12.5. The number of hydrogen-bond donors (Lipinski definition) is 2. The summed E-state index contributed by atoms with van der Waals surface area (Å²) in [5.74, 6) is -0.0470. The molecular weight excluding hydrogens is 488 g/mol. The van der Waals surface area contributed by atoms with Crippen molar-refractivity contribution in [3.63, 3.8) is 0 Å². The van der Waals surface area contributed by atoms with Crippen LogP contribution in [0.25, 0.3) is 0 Å². The number of rotatable bonds is 9. The third-order valence-electron chi connectivity index (χ3n) is 4.76. The van der Waals surface area contributed by atoms with E-state index in [1.165, 1.54) is 49.8 Å². The van der Waals surface area contributed by atoms with Crippen molar-refractivity contribution >= 4 is 33.5 Å². The van der Waals surface area contributed by atoms with E-state index in [-0.39, 0.29) is 23.2 Å². The van der Waals surface area contributed by atoms with Crippen molar-refractivity contribution in [1.82, 2.24) is 9.97 Å². The molecule has 12 heteroatoms. The van der Waals surface area contributed by atoms with Crippen molar-refractivity contribution in [2.45, 2.75) is 11.5 Å². The second kappa shape index (κ2) is 10.7. The Hall–Kier alpha value is -4.71. The molecule has 0 radical (unpaired) electrons. The normalized spacial score (nSPS) is 10.9. The van der Waals surface area contributed by atoms with Gasteiger partial charge in [-0.1, -0.05) is 0 Å². The van der Waals surface area contributed by atoms with E-state index in [0.29, 0.717) is 22.8 Å². The summed E-state index contributed by atoms with van der Waals surface area (Å²) in [5, 5.41) is 2.64. The van der Waals surface area contributed by atoms with Gasteiger partial charge in [-0.3, -0.25) is 4.79 Å². The fourth-order valence-electron chi connectivity index (χ4n) is 2.98. The Balaban J connectivity index is 1.33. The van der Waals surface area contributed by atoms with Crippen LogP contribution >= 0.6 is 0 Å². The minimum Gasteiger partial charge on any atom is -0.486 e. The zero-order chi connectivity index (χ0) is 25.5. The maximum Gasteiger partial charge on any atom is 0.337 e. The van der Waals surface area contributed by atoms with Gasteiger partial charge < -0.3 is 19.2 Å². The smallest absolute Gasteiger partial charge is 0.337 e. The van der Waals surface area contributed by atoms with Crippen LogP contribution in [0.15, 0.2) is 88.4 Å². The summed E-state index contributed by atoms with van der Waals surface area (Å²) in [7, 11) is -2.58. The van der Waals surface area contributed by atoms with Crippen molar-refractivity contribution < 1.29 is 31.9 Å². The Morgan fingerprint density at radius 1 is 0.944 bits per heavy atom. The fraction of sp³-hybridized carbons (Fsp3) is 0.0833. The zero-order valence-electron chi connectivity index (χ0n) is 18.9. The van der Waals surface area contributed by atoms with Crippen LogP contribution in [0.2, 0.25) is 0 Å². The lowest BCUT2D eigenvalue weighted by molar-refractivity contribution is 0.0600. The van der Waals surface area contributed by atoms with Gasteiger partial charge >= 0.3 is 5.97 Å². The van der Waals surface area contributed by atoms with Crippen LogP contribution in [0.1, 0.15) is 26.7 Å². The quantitative estimate of drug-likeness (QED) is 0.324. The topological polar surface area (TPSA) is 150 Å². The first kappa shape index (κ1) is 24.4. The SMILES string of the molecule is COC(=O)c1ccc(OCc2ccc(C(=O)Nc3ccc(S(=O)(=O)Nc4ncccn4)cc3)o2)cc1. The predicted molar refractivity (Wildman–Crippen MR) is 128 cm³/mol. The number of nitrogens with zero attached hydrogens (tertiary/aromatic N) is 2. The van der Waals surface area contributed by atoms with Crippen molar-refractivity contribution in [2.75, 3.05) is 17.1 Å². The molecule has 1 amide bonds. The number of sulfonamides is 1. The number of esters is 1. The average Bonchev–Trinajstić information content (AvgIpc) is 3.37. The number of benzene rings is 2. The lowest BCUT2D eigenvalue weighted by Gasteiger charge is -2.08. The number of hydrogen-bond acceptors (Lipinski definition) is 9. The molecule has 4 rings (SSSR count). The molecule has 36 heavy (non-hydrogen) atoms. The first-order valence-electron chi connectivity index (χ1n) is 10.5. The molecule has 4 aromatic rings. The molecule has 2 aromatic carbocycles. The molecule has 2 aromatic heterocycles. The van der Waals surface area contributed by atoms with Crippen molar-refractivity contribution in [3.8, 4) is 5.75 Å². The minimum atomic E-state index is -3.89. The van der Waals surface area contributed by atoms with Crippen molar-refractivity contribution in [2.24, 2.45) is 0 Å². The number of methoxy groups -OCH3 is 1. The van der Waals surface area contributed by atoms with E-state index in [1.807, 2.05) is 0 Å². The second-order valence-electron chi connectivity index (χ2n) is 7.23. The van der Waals surface area contributed by atoms with Gasteiger partial charge in [0.2, 0.25) is 5.95 Å². The number of anilines is 2. The van der Waals surface area contributed by atoms with Crippen LogP contribution in [-0.4, -0.2) is 37.4 Å². The van der Waals surface area contributed by atoms with Gasteiger partial charge in [0.1, 0.15) is 18.1 Å². The Kier molecular flexibility index (Phi) is 7.25. The van der Waals surface area contributed by atoms with Crippen LogP contribution in [-0.2, 0) is 21.4 Å². The zero-order valence-corrected chi connectivity index (χ0v) is 19.7. The van der Waals surface area contributed by atoms with Crippen molar-refractivity contribution in [3.05, 3.63) is 96.2 Å². The van der Waals surface area contributed by atoms with E-state index in [2.05, 4.69) is 24.7 Å². The Morgan fingerprint density at radius 3 is 2.31 bits per heavy atom. The summed E-state index contributed by atoms with van der Waals surface area (Å²) in [4.78, 5) is 31.6. The van der Waals surface area contributed by atoms with E-state index < -0.39 is 21.9 Å². The molecule has 0 fully saturated rings. The Bertz CT molecular complexity index is 1450. The van der Waals surface area contributed by atoms with E-state index in [9.17, 15) is 18.0 Å². The number of amides is 1. The number of carbonyl (C=O) groups excluding carboxylic acids is 2. The Labute approximate surface area is 206 Å². The van der Waals surface area contributed by atoms with Gasteiger partial charge in [-0.05, 0) is 66.7 Å². The molecule has 2 N–H and O–H groups in total. The molecule has 0 saturated carbocycles. The van der Waals surface area contributed by atoms with Crippen LogP contribution in [0.4, 0.5) is 11.6 Å². The van der Waals surface area contributed by atoms with Crippen LogP contribution in [0.5, 0.6) is 5.75 Å². The number of furan rings is 1. The van der Waals surface area contributed by atoms with E-state index in [0.717, 1.165) is 0 Å². The Morgan fingerprint density at radius 2 is 1.64 bits per heavy atom. The molecule has 0 atom stereocenters. The molecule has 0 bridgehead atoms. The second-order valence-corrected chi connectivity index (χ2v) is 8.91. The third kappa shape index (κ3) is 6.04. The van der Waals surface area contributed by atoms with Crippen LogP contribution < -0.4 is 14.8 Å². The third-order valence-corrected chi connectivity index (χ3v) is 6.10. The first-order valence-corrected chi connectivity index (χ1v) is 11.9. The summed E-state index contributed by atoms with van der Waals surface area (Å²) < 4.78 is 43.0. The molecule has 11 nitrogen and oxygen atoms in total. The fourth-order valence-corrected chi connectivity index (χ4v) is 3.94. The van der Waals surface area contributed by atoms with E-state index in [1.54, 1.807) is 36.4 Å².